The van der Waals surface area contributed by atoms with Crippen molar-refractivity contribution in [3.05, 3.63) is 71.8 Å². The van der Waals surface area contributed by atoms with Crippen LogP contribution in [0.5, 0.6) is 0 Å². The van der Waals surface area contributed by atoms with Gasteiger partial charge in [0, 0.05) is 12.6 Å². The van der Waals surface area contributed by atoms with Crippen LogP contribution in [0.15, 0.2) is 60.7 Å². The Kier molecular flexibility index (Phi) is 5.98. The van der Waals surface area contributed by atoms with Crippen molar-refractivity contribution in [1.29, 1.82) is 0 Å². The van der Waals surface area contributed by atoms with E-state index in [4.69, 9.17) is 0 Å². The van der Waals surface area contributed by atoms with Crippen LogP contribution in [-0.2, 0) is 16.0 Å². The first-order valence-corrected chi connectivity index (χ1v) is 7.18. The highest BCUT2D eigenvalue weighted by molar-refractivity contribution is 5.69. The standard InChI is InChI=1S/C18H21NO2/c1-21-18(20)12-13-19-17(16-10-6-3-7-11-16)14-15-8-4-2-5-9-15/h2-11,17,19H,12-14H2,1H3. The number of hydrogen-bond donors (Lipinski definition) is 1. The predicted octanol–water partition coefficient (Wildman–Crippen LogP) is 3.12. The smallest absolute Gasteiger partial charge is 0.306 e. The molecule has 21 heavy (non-hydrogen) atoms. The van der Waals surface area contributed by atoms with Gasteiger partial charge in [-0.1, -0.05) is 60.7 Å². The molecule has 0 radical (unpaired) electrons. The van der Waals surface area contributed by atoms with Crippen LogP contribution in [0, 0.1) is 0 Å². The van der Waals surface area contributed by atoms with Crippen LogP contribution in [0.25, 0.3) is 0 Å². The second kappa shape index (κ2) is 8.22. The molecule has 0 saturated carbocycles. The summed E-state index contributed by atoms with van der Waals surface area (Å²) in [5.41, 5.74) is 2.50. The van der Waals surface area contributed by atoms with Gasteiger partial charge in [0.25, 0.3) is 0 Å². The zero-order valence-corrected chi connectivity index (χ0v) is 12.3. The molecule has 0 amide bonds. The summed E-state index contributed by atoms with van der Waals surface area (Å²) in [6.45, 7) is 0.610. The molecule has 1 atom stereocenters. The van der Waals surface area contributed by atoms with E-state index in [1.54, 1.807) is 0 Å². The van der Waals surface area contributed by atoms with Crippen LogP contribution < -0.4 is 5.32 Å². The van der Waals surface area contributed by atoms with Gasteiger partial charge in [0.15, 0.2) is 0 Å². The summed E-state index contributed by atoms with van der Waals surface area (Å²) in [6, 6.07) is 20.9. The maximum absolute atomic E-state index is 11.2. The van der Waals surface area contributed by atoms with Gasteiger partial charge in [-0.2, -0.15) is 0 Å². The summed E-state index contributed by atoms with van der Waals surface area (Å²) in [6.07, 6.45) is 1.28. The lowest BCUT2D eigenvalue weighted by Gasteiger charge is -2.19. The highest BCUT2D eigenvalue weighted by atomic mass is 16.5. The summed E-state index contributed by atoms with van der Waals surface area (Å²) in [7, 11) is 1.42. The van der Waals surface area contributed by atoms with E-state index < -0.39 is 0 Å². The van der Waals surface area contributed by atoms with E-state index in [1.807, 2.05) is 36.4 Å². The molecule has 3 heteroatoms. The van der Waals surface area contributed by atoms with Gasteiger partial charge < -0.3 is 10.1 Å². The number of hydrogen-bond acceptors (Lipinski definition) is 3. The quantitative estimate of drug-likeness (QED) is 0.793. The number of benzene rings is 2. The van der Waals surface area contributed by atoms with E-state index in [0.717, 1.165) is 6.42 Å². The van der Waals surface area contributed by atoms with E-state index in [2.05, 4.69) is 34.3 Å². The molecular formula is C18H21NO2. The summed E-state index contributed by atoms with van der Waals surface area (Å²) >= 11 is 0. The fourth-order valence-corrected chi connectivity index (χ4v) is 2.29. The van der Waals surface area contributed by atoms with Gasteiger partial charge in [-0.15, -0.1) is 0 Å². The number of carbonyl (C=O) groups is 1. The second-order valence-electron chi connectivity index (χ2n) is 4.93. The van der Waals surface area contributed by atoms with E-state index in [1.165, 1.54) is 18.2 Å². The van der Waals surface area contributed by atoms with Crippen molar-refractivity contribution >= 4 is 5.97 Å². The maximum atomic E-state index is 11.2. The van der Waals surface area contributed by atoms with E-state index in [9.17, 15) is 4.79 Å². The first-order valence-electron chi connectivity index (χ1n) is 7.18. The van der Waals surface area contributed by atoms with Crippen molar-refractivity contribution in [3.8, 4) is 0 Å². The molecule has 0 saturated heterocycles. The van der Waals surface area contributed by atoms with Crippen molar-refractivity contribution in [1.82, 2.24) is 5.32 Å². The Morgan fingerprint density at radius 3 is 2.29 bits per heavy atom. The molecule has 1 unspecified atom stereocenters. The number of methoxy groups -OCH3 is 1. The lowest BCUT2D eigenvalue weighted by molar-refractivity contribution is -0.140. The van der Waals surface area contributed by atoms with E-state index in [0.29, 0.717) is 13.0 Å². The average molecular weight is 283 g/mol. The Labute approximate surface area is 126 Å². The molecule has 0 heterocycles. The second-order valence-corrected chi connectivity index (χ2v) is 4.93. The molecule has 0 fully saturated rings. The van der Waals surface area contributed by atoms with Gasteiger partial charge in [-0.05, 0) is 17.5 Å². The Morgan fingerprint density at radius 1 is 1.05 bits per heavy atom. The first-order chi connectivity index (χ1) is 10.3. The average Bonchev–Trinajstić information content (AvgIpc) is 2.55. The van der Waals surface area contributed by atoms with Gasteiger partial charge >= 0.3 is 5.97 Å². The Bertz CT molecular complexity index is 540. The highest BCUT2D eigenvalue weighted by Crippen LogP contribution is 2.18. The lowest BCUT2D eigenvalue weighted by Crippen LogP contribution is -2.26. The van der Waals surface area contributed by atoms with Gasteiger partial charge in [0.1, 0.15) is 0 Å². The van der Waals surface area contributed by atoms with Crippen LogP contribution in [0.3, 0.4) is 0 Å². The van der Waals surface area contributed by atoms with Crippen molar-refractivity contribution < 1.29 is 9.53 Å². The third-order valence-electron chi connectivity index (χ3n) is 3.43. The summed E-state index contributed by atoms with van der Waals surface area (Å²) in [4.78, 5) is 11.2. The molecule has 2 rings (SSSR count). The molecule has 0 aliphatic heterocycles. The molecule has 3 nitrogen and oxygen atoms in total. The van der Waals surface area contributed by atoms with Crippen molar-refractivity contribution in [2.75, 3.05) is 13.7 Å². The first kappa shape index (κ1) is 15.3. The molecule has 0 spiro atoms. The fourth-order valence-electron chi connectivity index (χ4n) is 2.29. The third-order valence-corrected chi connectivity index (χ3v) is 3.43. The van der Waals surface area contributed by atoms with Crippen molar-refractivity contribution in [2.24, 2.45) is 0 Å². The summed E-state index contributed by atoms with van der Waals surface area (Å²) in [5, 5.41) is 3.45. The topological polar surface area (TPSA) is 38.3 Å². The Balaban J connectivity index is 2.02. The number of esters is 1. The largest absolute Gasteiger partial charge is 0.469 e. The van der Waals surface area contributed by atoms with Gasteiger partial charge in [0.2, 0.25) is 0 Å². The molecule has 0 aliphatic carbocycles. The Hall–Kier alpha value is -2.13. The van der Waals surface area contributed by atoms with Gasteiger partial charge in [-0.25, -0.2) is 0 Å². The van der Waals surface area contributed by atoms with Crippen LogP contribution in [-0.4, -0.2) is 19.6 Å². The third kappa shape index (κ3) is 5.04. The van der Waals surface area contributed by atoms with E-state index in [-0.39, 0.29) is 12.0 Å². The predicted molar refractivity (Wildman–Crippen MR) is 84.0 cm³/mol. The molecule has 2 aromatic carbocycles. The lowest BCUT2D eigenvalue weighted by atomic mass is 9.99. The van der Waals surface area contributed by atoms with Gasteiger partial charge in [0.05, 0.1) is 13.5 Å². The highest BCUT2D eigenvalue weighted by Gasteiger charge is 2.12. The SMILES string of the molecule is COC(=O)CCNC(Cc1ccccc1)c1ccccc1. The number of rotatable bonds is 7. The normalized spacial score (nSPS) is 11.9. The number of carbonyl (C=O) groups excluding carboxylic acids is 1. The minimum atomic E-state index is -0.186. The van der Waals surface area contributed by atoms with Crippen LogP contribution >= 0.6 is 0 Å². The fraction of sp³-hybridized carbons (Fsp3) is 0.278. The molecule has 1 N–H and O–H groups in total. The molecule has 0 aliphatic rings. The zero-order chi connectivity index (χ0) is 14.9. The minimum Gasteiger partial charge on any atom is -0.469 e. The Morgan fingerprint density at radius 2 is 1.67 bits per heavy atom. The van der Waals surface area contributed by atoms with Crippen LogP contribution in [0.2, 0.25) is 0 Å². The minimum absolute atomic E-state index is 0.186. The molecule has 110 valence electrons. The monoisotopic (exact) mass is 283 g/mol. The van der Waals surface area contributed by atoms with Crippen LogP contribution in [0.1, 0.15) is 23.6 Å². The van der Waals surface area contributed by atoms with Gasteiger partial charge in [-0.3, -0.25) is 4.79 Å². The molecular weight excluding hydrogens is 262 g/mol. The van der Waals surface area contributed by atoms with E-state index >= 15 is 0 Å². The van der Waals surface area contributed by atoms with Crippen molar-refractivity contribution in [2.45, 2.75) is 18.9 Å². The number of ether oxygens (including phenoxy) is 1. The zero-order valence-electron chi connectivity index (χ0n) is 12.3. The maximum Gasteiger partial charge on any atom is 0.306 e. The van der Waals surface area contributed by atoms with Crippen molar-refractivity contribution in [3.63, 3.8) is 0 Å². The summed E-state index contributed by atoms with van der Waals surface area (Å²) in [5.74, 6) is -0.186. The summed E-state index contributed by atoms with van der Waals surface area (Å²) < 4.78 is 4.68. The molecule has 0 bridgehead atoms. The van der Waals surface area contributed by atoms with Crippen LogP contribution in [0.4, 0.5) is 0 Å². The number of nitrogens with one attached hydrogen (secondary N) is 1. The molecule has 0 aromatic heterocycles. The molecule has 2 aromatic rings.